The molecule has 2 nitrogen and oxygen atoms in total. The van der Waals surface area contributed by atoms with E-state index in [9.17, 15) is 9.59 Å². The lowest BCUT2D eigenvalue weighted by Gasteiger charge is -2.14. The maximum atomic E-state index is 11.0. The summed E-state index contributed by atoms with van der Waals surface area (Å²) in [6, 6.07) is 0. The summed E-state index contributed by atoms with van der Waals surface area (Å²) in [5.74, 6) is 0. The van der Waals surface area contributed by atoms with Crippen LogP contribution in [0.3, 0.4) is 0 Å². The highest BCUT2D eigenvalue weighted by atomic mass is 79.9. The Kier molecular flexibility index (Phi) is 3.65. The maximum absolute atomic E-state index is 11.0. The summed E-state index contributed by atoms with van der Waals surface area (Å²) in [4.78, 5) is 22.0. The second-order valence-corrected chi connectivity index (χ2v) is 4.15. The molecular formula is C8H8Br2O2. The Morgan fingerprint density at radius 3 is 1.50 bits per heavy atom. The van der Waals surface area contributed by atoms with Crippen molar-refractivity contribution in [1.29, 1.82) is 0 Å². The first-order valence-electron chi connectivity index (χ1n) is 3.74. The van der Waals surface area contributed by atoms with Crippen LogP contribution >= 0.6 is 31.9 Å². The monoisotopic (exact) mass is 294 g/mol. The van der Waals surface area contributed by atoms with E-state index in [-0.39, 0.29) is 9.39 Å². The third-order valence-corrected chi connectivity index (χ3v) is 2.90. The normalized spacial score (nSPS) is 17.8. The van der Waals surface area contributed by atoms with Crippen molar-refractivity contribution < 1.29 is 9.59 Å². The Labute approximate surface area is 87.7 Å². The Balaban J connectivity index is 2.99. The molecule has 0 aromatic heterocycles. The smallest absolute Gasteiger partial charge is 0.224 e. The van der Waals surface area contributed by atoms with Crippen LogP contribution in [0.25, 0.3) is 0 Å². The largest absolute Gasteiger partial charge is 0.281 e. The number of carbonyl (C=O) groups excluding carboxylic acids is 2. The molecule has 1 aliphatic carbocycles. The van der Waals surface area contributed by atoms with Gasteiger partial charge in [-0.15, -0.1) is 0 Å². The minimum atomic E-state index is -0.148. The predicted octanol–water partition coefficient (Wildman–Crippen LogP) is 2.70. The van der Waals surface area contributed by atoms with Crippen molar-refractivity contribution >= 4 is 41.2 Å². The van der Waals surface area contributed by atoms with Crippen LogP contribution < -0.4 is 0 Å². The highest BCUT2D eigenvalue weighted by molar-refractivity contribution is 9.18. The predicted molar refractivity (Wildman–Crippen MR) is 53.4 cm³/mol. The third-order valence-electron chi connectivity index (χ3n) is 1.94. The summed E-state index contributed by atoms with van der Waals surface area (Å²) in [7, 11) is 0. The Morgan fingerprint density at radius 2 is 1.25 bits per heavy atom. The molecule has 4 heteroatoms. The zero-order chi connectivity index (χ0) is 9.14. The topological polar surface area (TPSA) is 34.1 Å². The Bertz CT molecular complexity index is 230. The zero-order valence-electron chi connectivity index (χ0n) is 6.40. The van der Waals surface area contributed by atoms with Gasteiger partial charge in [0.1, 0.15) is 0 Å². The molecule has 0 fully saturated rings. The van der Waals surface area contributed by atoms with Crippen LogP contribution in [0, 0.1) is 0 Å². The van der Waals surface area contributed by atoms with Gasteiger partial charge in [0.05, 0.1) is 0 Å². The molecule has 66 valence electrons. The average Bonchev–Trinajstić information content (AvgIpc) is 2.04. The Hall–Kier alpha value is 0.0400. The lowest BCUT2D eigenvalue weighted by molar-refractivity contribution is -0.110. The van der Waals surface area contributed by atoms with E-state index in [1.165, 1.54) is 0 Å². The molecule has 12 heavy (non-hydrogen) atoms. The van der Waals surface area contributed by atoms with Gasteiger partial charge in [-0.05, 0) is 57.5 Å². The molecule has 0 heterocycles. The van der Waals surface area contributed by atoms with Crippen molar-refractivity contribution in [3.8, 4) is 0 Å². The van der Waals surface area contributed by atoms with Crippen molar-refractivity contribution in [2.75, 3.05) is 0 Å². The average molecular weight is 296 g/mol. The van der Waals surface area contributed by atoms with Gasteiger partial charge in [-0.3, -0.25) is 9.59 Å². The lowest BCUT2D eigenvalue weighted by Crippen LogP contribution is -2.08. The van der Waals surface area contributed by atoms with Crippen molar-refractivity contribution in [2.45, 2.75) is 25.7 Å². The van der Waals surface area contributed by atoms with E-state index < -0.39 is 0 Å². The van der Waals surface area contributed by atoms with Gasteiger partial charge in [-0.2, -0.15) is 0 Å². The van der Waals surface area contributed by atoms with Crippen LogP contribution in [0.15, 0.2) is 11.1 Å². The molecule has 0 saturated heterocycles. The summed E-state index contributed by atoms with van der Waals surface area (Å²) in [6.07, 6.45) is 3.43. The molecule has 0 bridgehead atoms. The number of halogens is 2. The van der Waals surface area contributed by atoms with Crippen LogP contribution in [0.5, 0.6) is 0 Å². The fourth-order valence-corrected chi connectivity index (χ4v) is 2.21. The standard InChI is InChI=1S/C8H8Br2O2/c9-7(11)5-3-1-2-4-6(5)8(10)12/h1-4H2. The van der Waals surface area contributed by atoms with Gasteiger partial charge in [0.2, 0.25) is 9.39 Å². The number of hydrogen-bond acceptors (Lipinski definition) is 2. The van der Waals surface area contributed by atoms with E-state index >= 15 is 0 Å². The zero-order valence-corrected chi connectivity index (χ0v) is 9.57. The molecule has 1 rings (SSSR count). The minimum Gasteiger partial charge on any atom is -0.281 e. The van der Waals surface area contributed by atoms with Crippen LogP contribution in [0.2, 0.25) is 0 Å². The van der Waals surface area contributed by atoms with E-state index in [0.717, 1.165) is 25.7 Å². The molecule has 0 saturated carbocycles. The van der Waals surface area contributed by atoms with Gasteiger partial charge in [0.15, 0.2) is 0 Å². The first-order valence-corrected chi connectivity index (χ1v) is 5.33. The molecule has 0 radical (unpaired) electrons. The molecular weight excluding hydrogens is 288 g/mol. The number of hydrogen-bond donors (Lipinski definition) is 0. The van der Waals surface area contributed by atoms with Crippen LogP contribution in [0.4, 0.5) is 0 Å². The van der Waals surface area contributed by atoms with Crippen molar-refractivity contribution in [3.05, 3.63) is 11.1 Å². The highest BCUT2D eigenvalue weighted by Crippen LogP contribution is 2.28. The molecule has 0 spiro atoms. The molecule has 0 amide bonds. The molecule has 0 atom stereocenters. The third kappa shape index (κ3) is 2.26. The van der Waals surface area contributed by atoms with Gasteiger partial charge in [0.25, 0.3) is 0 Å². The highest BCUT2D eigenvalue weighted by Gasteiger charge is 2.20. The lowest BCUT2D eigenvalue weighted by atomic mass is 9.93. The van der Waals surface area contributed by atoms with Crippen LogP contribution in [0.1, 0.15) is 25.7 Å². The fraction of sp³-hybridized carbons (Fsp3) is 0.500. The van der Waals surface area contributed by atoms with Gasteiger partial charge in [-0.1, -0.05) is 0 Å². The van der Waals surface area contributed by atoms with E-state index in [0.29, 0.717) is 11.1 Å². The van der Waals surface area contributed by atoms with E-state index in [1.54, 1.807) is 0 Å². The van der Waals surface area contributed by atoms with Crippen LogP contribution in [-0.2, 0) is 9.59 Å². The first-order chi connectivity index (χ1) is 5.63. The van der Waals surface area contributed by atoms with Gasteiger partial charge in [-0.25, -0.2) is 0 Å². The van der Waals surface area contributed by atoms with E-state index in [4.69, 9.17) is 0 Å². The number of rotatable bonds is 2. The summed E-state index contributed by atoms with van der Waals surface area (Å²) in [5.41, 5.74) is 1.28. The summed E-state index contributed by atoms with van der Waals surface area (Å²) in [5, 5.41) is 0. The van der Waals surface area contributed by atoms with Gasteiger partial charge in [0, 0.05) is 11.1 Å². The van der Waals surface area contributed by atoms with Crippen molar-refractivity contribution in [3.63, 3.8) is 0 Å². The van der Waals surface area contributed by atoms with E-state index in [1.807, 2.05) is 0 Å². The second kappa shape index (κ2) is 4.33. The summed E-state index contributed by atoms with van der Waals surface area (Å²) >= 11 is 5.75. The molecule has 0 unspecified atom stereocenters. The molecule has 0 aliphatic heterocycles. The van der Waals surface area contributed by atoms with Crippen molar-refractivity contribution in [1.82, 2.24) is 0 Å². The summed E-state index contributed by atoms with van der Waals surface area (Å²) < 4.78 is -0.296. The van der Waals surface area contributed by atoms with Crippen molar-refractivity contribution in [2.24, 2.45) is 0 Å². The number of carbonyl (C=O) groups is 2. The molecule has 1 aliphatic rings. The molecule has 0 aromatic carbocycles. The SMILES string of the molecule is O=C(Br)C1=C(C(=O)Br)CCCC1. The Morgan fingerprint density at radius 1 is 0.917 bits per heavy atom. The van der Waals surface area contributed by atoms with Crippen LogP contribution in [-0.4, -0.2) is 9.39 Å². The van der Waals surface area contributed by atoms with Gasteiger partial charge < -0.3 is 0 Å². The first kappa shape index (κ1) is 10.1. The number of allylic oxidation sites excluding steroid dienone is 2. The molecule has 0 N–H and O–H groups in total. The molecule has 0 aromatic rings. The second-order valence-electron chi connectivity index (χ2n) is 2.71. The van der Waals surface area contributed by atoms with Gasteiger partial charge >= 0.3 is 0 Å². The summed E-state index contributed by atoms with van der Waals surface area (Å²) in [6.45, 7) is 0. The quantitative estimate of drug-likeness (QED) is 0.734. The maximum Gasteiger partial charge on any atom is 0.224 e. The fourth-order valence-electron chi connectivity index (χ4n) is 1.34. The minimum absolute atomic E-state index is 0.148. The van der Waals surface area contributed by atoms with E-state index in [2.05, 4.69) is 31.9 Å².